The molecule has 0 saturated heterocycles. The normalized spacial score (nSPS) is 9.75. The van der Waals surface area contributed by atoms with Crippen LogP contribution in [0.1, 0.15) is 0 Å². The molecular weight excluding hydrogens is 220 g/mol. The van der Waals surface area contributed by atoms with Crippen molar-refractivity contribution in [3.05, 3.63) is 54.6 Å². The van der Waals surface area contributed by atoms with Crippen molar-refractivity contribution in [3.8, 4) is 5.75 Å². The van der Waals surface area contributed by atoms with E-state index in [9.17, 15) is 4.79 Å². The number of carbonyl (C=O) groups excluding carboxylic acids is 1. The van der Waals surface area contributed by atoms with Crippen molar-refractivity contribution in [2.45, 2.75) is 9.79 Å². The summed E-state index contributed by atoms with van der Waals surface area (Å²) in [6, 6.07) is 17.4. The van der Waals surface area contributed by atoms with Crippen LogP contribution in [-0.4, -0.2) is 6.47 Å². The van der Waals surface area contributed by atoms with Gasteiger partial charge in [0.25, 0.3) is 0 Å². The zero-order valence-corrected chi connectivity index (χ0v) is 9.24. The molecule has 3 heteroatoms. The predicted molar refractivity (Wildman–Crippen MR) is 63.3 cm³/mol. The van der Waals surface area contributed by atoms with Crippen LogP contribution in [0.4, 0.5) is 0 Å². The van der Waals surface area contributed by atoms with E-state index in [2.05, 4.69) is 4.74 Å². The fourth-order valence-corrected chi connectivity index (χ4v) is 2.09. The van der Waals surface area contributed by atoms with Gasteiger partial charge in [0.1, 0.15) is 5.75 Å². The molecule has 79 valence electrons. The Kier molecular flexibility index (Phi) is 3.62. The van der Waals surface area contributed by atoms with E-state index in [0.29, 0.717) is 5.75 Å². The fourth-order valence-electron chi connectivity index (χ4n) is 1.25. The maximum atomic E-state index is 10.00. The topological polar surface area (TPSA) is 26.3 Å². The van der Waals surface area contributed by atoms with E-state index in [1.54, 1.807) is 23.9 Å². The highest BCUT2D eigenvalue weighted by atomic mass is 32.2. The van der Waals surface area contributed by atoms with Crippen molar-refractivity contribution in [1.82, 2.24) is 0 Å². The maximum Gasteiger partial charge on any atom is 0.423 e. The minimum atomic E-state index is 0.507. The monoisotopic (exact) mass is 229 g/mol. The van der Waals surface area contributed by atoms with Crippen LogP contribution >= 0.6 is 11.8 Å². The van der Waals surface area contributed by atoms with Gasteiger partial charge in [-0.2, -0.15) is 0 Å². The standard InChI is InChI=1S/C13H9O2S/c14-10-15-11-6-8-13(9-7-11)16-12-4-2-1-3-5-12/h1-9H. The number of hydrogen-bond donors (Lipinski definition) is 0. The lowest BCUT2D eigenvalue weighted by Crippen LogP contribution is -1.87. The Balaban J connectivity index is 2.08. The van der Waals surface area contributed by atoms with Crippen LogP contribution in [0.15, 0.2) is 64.4 Å². The number of hydrogen-bond acceptors (Lipinski definition) is 3. The van der Waals surface area contributed by atoms with Crippen LogP contribution < -0.4 is 4.74 Å². The first-order valence-corrected chi connectivity index (χ1v) is 5.57. The third-order valence-electron chi connectivity index (χ3n) is 1.96. The van der Waals surface area contributed by atoms with Crippen molar-refractivity contribution < 1.29 is 9.53 Å². The lowest BCUT2D eigenvalue weighted by atomic mass is 10.3. The molecule has 0 fully saturated rings. The molecule has 0 N–H and O–H groups in total. The highest BCUT2D eigenvalue weighted by molar-refractivity contribution is 7.99. The van der Waals surface area contributed by atoms with E-state index in [0.717, 1.165) is 4.90 Å². The average molecular weight is 229 g/mol. The SMILES string of the molecule is O=[C]Oc1ccc(Sc2ccccc2)cc1. The van der Waals surface area contributed by atoms with Crippen LogP contribution in [-0.2, 0) is 4.79 Å². The molecule has 0 aliphatic carbocycles. The Morgan fingerprint density at radius 2 is 1.50 bits per heavy atom. The predicted octanol–water partition coefficient (Wildman–Crippen LogP) is 3.28. The van der Waals surface area contributed by atoms with E-state index in [1.165, 1.54) is 11.4 Å². The van der Waals surface area contributed by atoms with Gasteiger partial charge in [-0.05, 0) is 36.4 Å². The molecule has 2 aromatic rings. The molecule has 0 unspecified atom stereocenters. The second-order valence-corrected chi connectivity index (χ2v) is 4.22. The largest absolute Gasteiger partial charge is 0.423 e. The molecular formula is C13H9O2S. The molecule has 0 atom stereocenters. The summed E-state index contributed by atoms with van der Waals surface area (Å²) < 4.78 is 4.60. The molecule has 0 aliphatic rings. The van der Waals surface area contributed by atoms with Gasteiger partial charge in [-0.1, -0.05) is 30.0 Å². The highest BCUT2D eigenvalue weighted by Gasteiger charge is 1.97. The Labute approximate surface area is 98.3 Å². The van der Waals surface area contributed by atoms with Gasteiger partial charge in [0.15, 0.2) is 0 Å². The first kappa shape index (κ1) is 10.8. The summed E-state index contributed by atoms with van der Waals surface area (Å²) in [4.78, 5) is 12.3. The van der Waals surface area contributed by atoms with Crippen molar-refractivity contribution in [2.24, 2.45) is 0 Å². The van der Waals surface area contributed by atoms with Crippen LogP contribution in [0.25, 0.3) is 0 Å². The minimum absolute atomic E-state index is 0.507. The highest BCUT2D eigenvalue weighted by Crippen LogP contribution is 2.28. The Morgan fingerprint density at radius 1 is 0.875 bits per heavy atom. The van der Waals surface area contributed by atoms with Gasteiger partial charge < -0.3 is 4.74 Å². The molecule has 0 heterocycles. The molecule has 0 saturated carbocycles. The summed E-state index contributed by atoms with van der Waals surface area (Å²) in [7, 11) is 0. The average Bonchev–Trinajstić information content (AvgIpc) is 2.33. The maximum absolute atomic E-state index is 10.00. The molecule has 0 bridgehead atoms. The van der Waals surface area contributed by atoms with Crippen LogP contribution in [0.3, 0.4) is 0 Å². The molecule has 0 spiro atoms. The van der Waals surface area contributed by atoms with Crippen molar-refractivity contribution >= 4 is 18.2 Å². The molecule has 1 radical (unpaired) electrons. The summed E-state index contributed by atoms with van der Waals surface area (Å²) in [5, 5.41) is 0. The number of ether oxygens (including phenoxy) is 1. The summed E-state index contributed by atoms with van der Waals surface area (Å²) in [6.07, 6.45) is 0. The van der Waals surface area contributed by atoms with E-state index >= 15 is 0 Å². The second-order valence-electron chi connectivity index (χ2n) is 3.07. The Bertz CT molecular complexity index is 451. The van der Waals surface area contributed by atoms with Gasteiger partial charge in [-0.15, -0.1) is 0 Å². The van der Waals surface area contributed by atoms with Gasteiger partial charge >= 0.3 is 6.47 Å². The van der Waals surface area contributed by atoms with Gasteiger partial charge in [-0.3, -0.25) is 0 Å². The molecule has 0 aromatic heterocycles. The van der Waals surface area contributed by atoms with Crippen molar-refractivity contribution in [1.29, 1.82) is 0 Å². The first-order chi connectivity index (χ1) is 7.88. The third-order valence-corrected chi connectivity index (χ3v) is 2.98. The summed E-state index contributed by atoms with van der Waals surface area (Å²) >= 11 is 1.66. The number of benzene rings is 2. The smallest absolute Gasteiger partial charge is 0.418 e. The van der Waals surface area contributed by atoms with Crippen LogP contribution in [0, 0.1) is 0 Å². The molecule has 0 aliphatic heterocycles. The van der Waals surface area contributed by atoms with Crippen molar-refractivity contribution in [2.75, 3.05) is 0 Å². The lowest BCUT2D eigenvalue weighted by molar-refractivity contribution is 0.442. The quantitative estimate of drug-likeness (QED) is 0.804. The van der Waals surface area contributed by atoms with E-state index in [1.807, 2.05) is 42.5 Å². The minimum Gasteiger partial charge on any atom is -0.418 e. The van der Waals surface area contributed by atoms with Gasteiger partial charge in [0.2, 0.25) is 0 Å². The number of rotatable bonds is 4. The summed E-state index contributed by atoms with van der Waals surface area (Å²) in [5.74, 6) is 0.507. The first-order valence-electron chi connectivity index (χ1n) is 4.75. The van der Waals surface area contributed by atoms with Crippen LogP contribution in [0.2, 0.25) is 0 Å². The molecule has 2 nitrogen and oxygen atoms in total. The van der Waals surface area contributed by atoms with Crippen LogP contribution in [0.5, 0.6) is 5.75 Å². The third kappa shape index (κ3) is 2.87. The molecule has 0 amide bonds. The van der Waals surface area contributed by atoms with E-state index in [-0.39, 0.29) is 0 Å². The van der Waals surface area contributed by atoms with Crippen molar-refractivity contribution in [3.63, 3.8) is 0 Å². The summed E-state index contributed by atoms with van der Waals surface area (Å²) in [5.41, 5.74) is 0. The molecule has 2 rings (SSSR count). The van der Waals surface area contributed by atoms with E-state index < -0.39 is 0 Å². The Morgan fingerprint density at radius 3 is 2.12 bits per heavy atom. The van der Waals surface area contributed by atoms with E-state index in [4.69, 9.17) is 0 Å². The zero-order chi connectivity index (χ0) is 11.2. The van der Waals surface area contributed by atoms with Gasteiger partial charge in [-0.25, -0.2) is 4.79 Å². The zero-order valence-electron chi connectivity index (χ0n) is 8.42. The summed E-state index contributed by atoms with van der Waals surface area (Å²) in [6.45, 7) is 1.40. The van der Waals surface area contributed by atoms with Gasteiger partial charge in [0.05, 0.1) is 0 Å². The second kappa shape index (κ2) is 5.37. The molecule has 16 heavy (non-hydrogen) atoms. The lowest BCUT2D eigenvalue weighted by Gasteiger charge is -2.02. The Hall–Kier alpha value is -1.74. The molecule has 2 aromatic carbocycles. The fraction of sp³-hybridized carbons (Fsp3) is 0. The van der Waals surface area contributed by atoms with Gasteiger partial charge in [0, 0.05) is 9.79 Å².